The Morgan fingerprint density at radius 2 is 2.27 bits per heavy atom. The highest BCUT2D eigenvalue weighted by Crippen LogP contribution is 2.15. The normalized spacial score (nSPS) is 10.8. The molecule has 15 heavy (non-hydrogen) atoms. The van der Waals surface area contributed by atoms with Crippen molar-refractivity contribution in [1.29, 1.82) is 0 Å². The predicted molar refractivity (Wildman–Crippen MR) is 58.6 cm³/mol. The molecule has 2 heterocycles. The average molecular weight is 223 g/mol. The summed E-state index contributed by atoms with van der Waals surface area (Å²) in [7, 11) is 0. The Kier molecular flexibility index (Phi) is 3.13. The molecule has 0 atom stereocenters. The second-order valence-corrected chi connectivity index (χ2v) is 4.63. The van der Waals surface area contributed by atoms with Crippen molar-refractivity contribution < 1.29 is 4.52 Å². The Morgan fingerprint density at radius 3 is 2.87 bits per heavy atom. The molecule has 2 aromatic rings. The molecule has 2 aromatic heterocycles. The van der Waals surface area contributed by atoms with Crippen LogP contribution in [0.3, 0.4) is 0 Å². The molecule has 0 spiro atoms. The van der Waals surface area contributed by atoms with E-state index < -0.39 is 0 Å². The number of nitrogens with zero attached hydrogens (tertiary/aromatic N) is 2. The fourth-order valence-electron chi connectivity index (χ4n) is 1.24. The molecule has 0 aliphatic heterocycles. The average Bonchev–Trinajstić information content (AvgIpc) is 2.79. The van der Waals surface area contributed by atoms with E-state index in [0.29, 0.717) is 6.54 Å². The summed E-state index contributed by atoms with van der Waals surface area (Å²) in [6, 6.07) is 1.85. The van der Waals surface area contributed by atoms with Crippen LogP contribution in [0.5, 0.6) is 0 Å². The summed E-state index contributed by atoms with van der Waals surface area (Å²) in [5, 5.41) is 8.20. The Hall–Kier alpha value is -1.20. The number of hydrogen-bond acceptors (Lipinski definition) is 5. The molecule has 0 fully saturated rings. The second kappa shape index (κ2) is 4.55. The molecular weight excluding hydrogens is 210 g/mol. The fourth-order valence-corrected chi connectivity index (χ4v) is 2.14. The summed E-state index contributed by atoms with van der Waals surface area (Å²) in [6.07, 6.45) is 1.58. The highest BCUT2D eigenvalue weighted by atomic mass is 32.1. The first-order valence-corrected chi connectivity index (χ1v) is 5.60. The van der Waals surface area contributed by atoms with Gasteiger partial charge in [0.2, 0.25) is 0 Å². The van der Waals surface area contributed by atoms with E-state index in [1.807, 2.05) is 13.0 Å². The minimum absolute atomic E-state index is 0.716. The van der Waals surface area contributed by atoms with Gasteiger partial charge in [0.05, 0.1) is 11.4 Å². The fraction of sp³-hybridized carbons (Fsp3) is 0.400. The molecular formula is C10H13N3OS. The van der Waals surface area contributed by atoms with Crippen LogP contribution in [0.2, 0.25) is 0 Å². The number of thiazole rings is 1. The van der Waals surface area contributed by atoms with Crippen LogP contribution in [0.1, 0.15) is 21.3 Å². The summed E-state index contributed by atoms with van der Waals surface area (Å²) in [5.74, 6) is 0. The van der Waals surface area contributed by atoms with E-state index in [2.05, 4.69) is 22.4 Å². The van der Waals surface area contributed by atoms with Crippen molar-refractivity contribution in [1.82, 2.24) is 15.5 Å². The van der Waals surface area contributed by atoms with Gasteiger partial charge in [-0.05, 0) is 13.8 Å². The highest BCUT2D eigenvalue weighted by Gasteiger charge is 2.03. The van der Waals surface area contributed by atoms with Gasteiger partial charge in [-0.15, -0.1) is 11.3 Å². The molecule has 2 rings (SSSR count). The molecule has 0 aliphatic rings. The smallest absolute Gasteiger partial charge is 0.124 e. The van der Waals surface area contributed by atoms with Crippen molar-refractivity contribution >= 4 is 11.3 Å². The van der Waals surface area contributed by atoms with Crippen molar-refractivity contribution in [3.63, 3.8) is 0 Å². The lowest BCUT2D eigenvalue weighted by Gasteiger charge is -1.97. The lowest BCUT2D eigenvalue weighted by molar-refractivity contribution is 0.408. The van der Waals surface area contributed by atoms with Crippen LogP contribution in [0.15, 0.2) is 16.9 Å². The van der Waals surface area contributed by atoms with Crippen molar-refractivity contribution in [3.05, 3.63) is 33.6 Å². The predicted octanol–water partition coefficient (Wildman–Crippen LogP) is 2.04. The summed E-state index contributed by atoms with van der Waals surface area (Å²) in [4.78, 5) is 5.73. The summed E-state index contributed by atoms with van der Waals surface area (Å²) in [6.45, 7) is 5.63. The molecule has 4 nitrogen and oxygen atoms in total. The summed E-state index contributed by atoms with van der Waals surface area (Å²) >= 11 is 1.73. The van der Waals surface area contributed by atoms with Gasteiger partial charge in [-0.1, -0.05) is 5.16 Å². The maximum atomic E-state index is 4.74. The van der Waals surface area contributed by atoms with Crippen molar-refractivity contribution in [2.45, 2.75) is 26.9 Å². The van der Waals surface area contributed by atoms with Crippen LogP contribution in [-0.4, -0.2) is 10.1 Å². The van der Waals surface area contributed by atoms with E-state index in [4.69, 9.17) is 4.52 Å². The standard InChI is InChI=1S/C10H13N3OS/c1-7-8(2)15-10(12-7)6-11-5-9-3-4-14-13-9/h3-4,11H,5-6H2,1-2H3. The number of rotatable bonds is 4. The van der Waals surface area contributed by atoms with Crippen molar-refractivity contribution in [2.24, 2.45) is 0 Å². The first-order valence-electron chi connectivity index (χ1n) is 4.78. The van der Waals surface area contributed by atoms with Gasteiger partial charge in [0.25, 0.3) is 0 Å². The molecule has 0 saturated heterocycles. The minimum Gasteiger partial charge on any atom is -0.364 e. The molecule has 1 N–H and O–H groups in total. The maximum Gasteiger partial charge on any atom is 0.124 e. The van der Waals surface area contributed by atoms with Gasteiger partial charge in [-0.2, -0.15) is 0 Å². The van der Waals surface area contributed by atoms with Crippen LogP contribution in [0.25, 0.3) is 0 Å². The quantitative estimate of drug-likeness (QED) is 0.861. The van der Waals surface area contributed by atoms with Gasteiger partial charge in [-0.3, -0.25) is 0 Å². The molecule has 0 aromatic carbocycles. The van der Waals surface area contributed by atoms with Gasteiger partial charge in [-0.25, -0.2) is 4.98 Å². The van der Waals surface area contributed by atoms with Gasteiger partial charge in [0.1, 0.15) is 11.3 Å². The Labute approximate surface area is 92.3 Å². The zero-order valence-corrected chi connectivity index (χ0v) is 9.60. The third-order valence-electron chi connectivity index (χ3n) is 2.15. The molecule has 0 radical (unpaired) electrons. The first-order chi connectivity index (χ1) is 7.25. The minimum atomic E-state index is 0.716. The van der Waals surface area contributed by atoms with Crippen LogP contribution in [0.4, 0.5) is 0 Å². The monoisotopic (exact) mass is 223 g/mol. The zero-order chi connectivity index (χ0) is 10.7. The molecule has 0 saturated carbocycles. The topological polar surface area (TPSA) is 51.0 Å². The van der Waals surface area contributed by atoms with Crippen molar-refractivity contribution in [2.75, 3.05) is 0 Å². The first kappa shape index (κ1) is 10.3. The van der Waals surface area contributed by atoms with E-state index in [0.717, 1.165) is 22.9 Å². The third kappa shape index (κ3) is 2.64. The number of hydrogen-bond donors (Lipinski definition) is 1. The van der Waals surface area contributed by atoms with Gasteiger partial charge < -0.3 is 9.84 Å². The van der Waals surface area contributed by atoms with E-state index in [1.54, 1.807) is 17.6 Å². The summed E-state index contributed by atoms with van der Waals surface area (Å²) in [5.41, 5.74) is 2.04. The molecule has 5 heteroatoms. The molecule has 0 bridgehead atoms. The Morgan fingerprint density at radius 1 is 1.40 bits per heavy atom. The zero-order valence-electron chi connectivity index (χ0n) is 8.78. The van der Waals surface area contributed by atoms with Crippen LogP contribution < -0.4 is 5.32 Å². The molecule has 80 valence electrons. The van der Waals surface area contributed by atoms with Gasteiger partial charge in [0.15, 0.2) is 0 Å². The van der Waals surface area contributed by atoms with Crippen LogP contribution in [0, 0.1) is 13.8 Å². The van der Waals surface area contributed by atoms with Crippen LogP contribution >= 0.6 is 11.3 Å². The van der Waals surface area contributed by atoms with Crippen LogP contribution in [-0.2, 0) is 13.1 Å². The SMILES string of the molecule is Cc1nc(CNCc2ccon2)sc1C. The largest absolute Gasteiger partial charge is 0.364 e. The van der Waals surface area contributed by atoms with E-state index in [9.17, 15) is 0 Å². The Balaban J connectivity index is 1.83. The Bertz CT molecular complexity index is 402. The number of aromatic nitrogens is 2. The maximum absolute atomic E-state index is 4.74. The van der Waals surface area contributed by atoms with E-state index in [-0.39, 0.29) is 0 Å². The van der Waals surface area contributed by atoms with Gasteiger partial charge >= 0.3 is 0 Å². The van der Waals surface area contributed by atoms with Gasteiger partial charge in [0, 0.05) is 24.0 Å². The lowest BCUT2D eigenvalue weighted by Crippen LogP contribution is -2.12. The number of nitrogens with one attached hydrogen (secondary N) is 1. The summed E-state index contributed by atoms with van der Waals surface area (Å²) < 4.78 is 4.74. The van der Waals surface area contributed by atoms with E-state index in [1.165, 1.54) is 4.88 Å². The van der Waals surface area contributed by atoms with E-state index >= 15 is 0 Å². The second-order valence-electron chi connectivity index (χ2n) is 3.34. The number of aryl methyl sites for hydroxylation is 2. The molecule has 0 amide bonds. The third-order valence-corrected chi connectivity index (χ3v) is 3.22. The molecule has 0 aliphatic carbocycles. The lowest BCUT2D eigenvalue weighted by atomic mass is 10.4. The molecule has 0 unspecified atom stereocenters. The highest BCUT2D eigenvalue weighted by molar-refractivity contribution is 7.11. The van der Waals surface area contributed by atoms with Crippen molar-refractivity contribution in [3.8, 4) is 0 Å².